The molecular weight excluding hydrogens is 266 g/mol. The van der Waals surface area contributed by atoms with Crippen LogP contribution in [0.4, 0.5) is 5.82 Å². The molecule has 1 heterocycles. The first kappa shape index (κ1) is 17.9. The first-order chi connectivity index (χ1) is 10.2. The van der Waals surface area contributed by atoms with Gasteiger partial charge >= 0.3 is 0 Å². The van der Waals surface area contributed by atoms with Crippen LogP contribution in [0.3, 0.4) is 0 Å². The van der Waals surface area contributed by atoms with E-state index in [0.29, 0.717) is 25.7 Å². The molecule has 0 fully saturated rings. The highest BCUT2D eigenvalue weighted by Crippen LogP contribution is 2.12. The van der Waals surface area contributed by atoms with Gasteiger partial charge in [0.1, 0.15) is 11.6 Å². The van der Waals surface area contributed by atoms with Gasteiger partial charge in [-0.05, 0) is 18.8 Å². The topological polar surface area (TPSA) is 56.3 Å². The van der Waals surface area contributed by atoms with Gasteiger partial charge in [0.2, 0.25) is 0 Å². The van der Waals surface area contributed by atoms with Crippen molar-refractivity contribution in [2.75, 3.05) is 38.8 Å². The van der Waals surface area contributed by atoms with Crippen LogP contribution in [0.5, 0.6) is 0 Å². The van der Waals surface area contributed by atoms with E-state index in [1.165, 1.54) is 0 Å². The molecule has 5 heteroatoms. The Morgan fingerprint density at radius 2 is 2.00 bits per heavy atom. The van der Waals surface area contributed by atoms with Crippen molar-refractivity contribution in [1.29, 1.82) is 0 Å². The van der Waals surface area contributed by atoms with Crippen LogP contribution in [0.25, 0.3) is 0 Å². The molecule has 0 aliphatic rings. The molecule has 0 spiro atoms. The Bertz CT molecular complexity index is 397. The molecular formula is C16H29N3O2. The average molecular weight is 295 g/mol. The Balaban J connectivity index is 2.62. The Labute approximate surface area is 128 Å². The van der Waals surface area contributed by atoms with Crippen molar-refractivity contribution in [3.8, 4) is 0 Å². The van der Waals surface area contributed by atoms with E-state index in [1.54, 1.807) is 7.11 Å². The van der Waals surface area contributed by atoms with Gasteiger partial charge in [-0.25, -0.2) is 9.97 Å². The molecule has 0 unspecified atom stereocenters. The molecule has 0 saturated carbocycles. The van der Waals surface area contributed by atoms with E-state index in [4.69, 9.17) is 9.47 Å². The van der Waals surface area contributed by atoms with Crippen LogP contribution >= 0.6 is 0 Å². The third kappa shape index (κ3) is 7.97. The summed E-state index contributed by atoms with van der Waals surface area (Å²) in [6.07, 6.45) is 2.79. The molecule has 0 aliphatic heterocycles. The van der Waals surface area contributed by atoms with Crippen LogP contribution in [0.1, 0.15) is 38.7 Å². The second-order valence-electron chi connectivity index (χ2n) is 5.54. The lowest BCUT2D eigenvalue weighted by molar-refractivity contribution is 0.0716. The van der Waals surface area contributed by atoms with Gasteiger partial charge in [-0.1, -0.05) is 20.8 Å². The first-order valence-corrected chi connectivity index (χ1v) is 7.83. The van der Waals surface area contributed by atoms with Crippen LogP contribution in [-0.4, -0.2) is 43.4 Å². The van der Waals surface area contributed by atoms with Crippen LogP contribution in [0, 0.1) is 5.92 Å². The van der Waals surface area contributed by atoms with Crippen molar-refractivity contribution in [2.45, 2.75) is 40.0 Å². The Morgan fingerprint density at radius 1 is 1.19 bits per heavy atom. The summed E-state index contributed by atoms with van der Waals surface area (Å²) in [6.45, 7) is 9.35. The molecule has 120 valence electrons. The van der Waals surface area contributed by atoms with E-state index in [1.807, 2.05) is 0 Å². The summed E-state index contributed by atoms with van der Waals surface area (Å²) in [6, 6.07) is 2.06. The highest BCUT2D eigenvalue weighted by Gasteiger charge is 2.06. The summed E-state index contributed by atoms with van der Waals surface area (Å²) >= 11 is 0. The molecule has 0 amide bonds. The number of methoxy groups -OCH3 is 1. The van der Waals surface area contributed by atoms with Gasteiger partial charge in [-0.3, -0.25) is 0 Å². The molecule has 21 heavy (non-hydrogen) atoms. The number of nitrogens with zero attached hydrogens (tertiary/aromatic N) is 2. The minimum atomic E-state index is 0.588. The zero-order valence-corrected chi connectivity index (χ0v) is 13.8. The highest BCUT2D eigenvalue weighted by molar-refractivity contribution is 5.36. The number of hydrogen-bond acceptors (Lipinski definition) is 5. The Hall–Kier alpha value is -1.20. The largest absolute Gasteiger partial charge is 0.382 e. The summed E-state index contributed by atoms with van der Waals surface area (Å²) in [5.74, 6) is 2.36. The van der Waals surface area contributed by atoms with E-state index >= 15 is 0 Å². The summed E-state index contributed by atoms with van der Waals surface area (Å²) < 4.78 is 10.4. The molecule has 1 aromatic rings. The van der Waals surface area contributed by atoms with Gasteiger partial charge in [0.25, 0.3) is 0 Å². The van der Waals surface area contributed by atoms with E-state index < -0.39 is 0 Å². The fraction of sp³-hybridized carbons (Fsp3) is 0.750. The van der Waals surface area contributed by atoms with Gasteiger partial charge in [-0.2, -0.15) is 0 Å². The standard InChI is InChI=1S/C16H29N3O2/c1-5-7-17-16-12-14(11-13(2)3)18-15(19-16)6-8-21-10-9-20-4/h12-13H,5-11H2,1-4H3,(H,17,18,19). The second kappa shape index (κ2) is 10.5. The average Bonchev–Trinajstić information content (AvgIpc) is 2.44. The molecule has 0 aromatic carbocycles. The maximum absolute atomic E-state index is 5.49. The van der Waals surface area contributed by atoms with Crippen LogP contribution in [0.2, 0.25) is 0 Å². The monoisotopic (exact) mass is 295 g/mol. The predicted molar refractivity (Wildman–Crippen MR) is 85.8 cm³/mol. The number of aromatic nitrogens is 2. The molecule has 0 bridgehead atoms. The fourth-order valence-corrected chi connectivity index (χ4v) is 1.94. The maximum atomic E-state index is 5.49. The number of nitrogens with one attached hydrogen (secondary N) is 1. The summed E-state index contributed by atoms with van der Waals surface area (Å²) in [5.41, 5.74) is 1.10. The van der Waals surface area contributed by atoms with Crippen molar-refractivity contribution in [2.24, 2.45) is 5.92 Å². The van der Waals surface area contributed by atoms with Crippen molar-refractivity contribution >= 4 is 5.82 Å². The first-order valence-electron chi connectivity index (χ1n) is 7.83. The number of anilines is 1. The molecule has 0 atom stereocenters. The van der Waals surface area contributed by atoms with E-state index in [2.05, 4.69) is 42.1 Å². The van der Waals surface area contributed by atoms with Gasteiger partial charge in [0.15, 0.2) is 0 Å². The van der Waals surface area contributed by atoms with Crippen LogP contribution in [0.15, 0.2) is 6.07 Å². The molecule has 1 N–H and O–H groups in total. The van der Waals surface area contributed by atoms with Gasteiger partial charge in [-0.15, -0.1) is 0 Å². The lowest BCUT2D eigenvalue weighted by Gasteiger charge is -2.11. The number of ether oxygens (including phenoxy) is 2. The third-order valence-corrected chi connectivity index (χ3v) is 2.90. The lowest BCUT2D eigenvalue weighted by atomic mass is 10.1. The minimum absolute atomic E-state index is 0.588. The summed E-state index contributed by atoms with van der Waals surface area (Å²) in [7, 11) is 1.67. The second-order valence-corrected chi connectivity index (χ2v) is 5.54. The minimum Gasteiger partial charge on any atom is -0.382 e. The predicted octanol–water partition coefficient (Wildman–Crippen LogP) is 2.70. The lowest BCUT2D eigenvalue weighted by Crippen LogP contribution is -2.11. The Morgan fingerprint density at radius 3 is 2.67 bits per heavy atom. The highest BCUT2D eigenvalue weighted by atomic mass is 16.5. The zero-order chi connectivity index (χ0) is 15.5. The molecule has 1 aromatic heterocycles. The van der Waals surface area contributed by atoms with Gasteiger partial charge < -0.3 is 14.8 Å². The molecule has 0 saturated heterocycles. The Kier molecular flexibility index (Phi) is 8.94. The van der Waals surface area contributed by atoms with E-state index in [0.717, 1.165) is 43.1 Å². The van der Waals surface area contributed by atoms with Crippen molar-refractivity contribution in [3.63, 3.8) is 0 Å². The summed E-state index contributed by atoms with van der Waals surface area (Å²) in [4.78, 5) is 9.20. The summed E-state index contributed by atoms with van der Waals surface area (Å²) in [5, 5.41) is 3.35. The molecule has 0 radical (unpaired) electrons. The van der Waals surface area contributed by atoms with Gasteiger partial charge in [0.05, 0.1) is 19.8 Å². The molecule has 1 rings (SSSR count). The molecule has 0 aliphatic carbocycles. The van der Waals surface area contributed by atoms with Crippen molar-refractivity contribution in [3.05, 3.63) is 17.6 Å². The van der Waals surface area contributed by atoms with E-state index in [-0.39, 0.29) is 0 Å². The van der Waals surface area contributed by atoms with Crippen molar-refractivity contribution < 1.29 is 9.47 Å². The number of rotatable bonds is 11. The maximum Gasteiger partial charge on any atom is 0.133 e. The third-order valence-electron chi connectivity index (χ3n) is 2.90. The van der Waals surface area contributed by atoms with Gasteiger partial charge in [0, 0.05) is 31.8 Å². The normalized spacial score (nSPS) is 11.1. The molecule has 5 nitrogen and oxygen atoms in total. The number of hydrogen-bond donors (Lipinski definition) is 1. The quantitative estimate of drug-likeness (QED) is 0.636. The van der Waals surface area contributed by atoms with Crippen LogP contribution in [-0.2, 0) is 22.3 Å². The smallest absolute Gasteiger partial charge is 0.133 e. The fourth-order valence-electron chi connectivity index (χ4n) is 1.94. The van der Waals surface area contributed by atoms with Crippen molar-refractivity contribution in [1.82, 2.24) is 9.97 Å². The zero-order valence-electron chi connectivity index (χ0n) is 13.8. The van der Waals surface area contributed by atoms with E-state index in [9.17, 15) is 0 Å². The van der Waals surface area contributed by atoms with Crippen LogP contribution < -0.4 is 5.32 Å². The SMILES string of the molecule is CCCNc1cc(CC(C)C)nc(CCOCCOC)n1.